The second-order valence-electron chi connectivity index (χ2n) is 5.87. The van der Waals surface area contributed by atoms with Crippen LogP contribution in [-0.4, -0.2) is 25.4 Å². The number of halogens is 1. The van der Waals surface area contributed by atoms with Crippen molar-refractivity contribution in [3.8, 4) is 5.75 Å². The number of rotatable bonds is 2. The van der Waals surface area contributed by atoms with Gasteiger partial charge in [0.2, 0.25) is 0 Å². The minimum Gasteiger partial charge on any atom is -0.487 e. The number of fused-ring (bicyclic) bond motifs is 1. The van der Waals surface area contributed by atoms with Gasteiger partial charge in [-0.25, -0.2) is 4.39 Å². The summed E-state index contributed by atoms with van der Waals surface area (Å²) in [5.41, 5.74) is 0.840. The Labute approximate surface area is 119 Å². The molecular weight excluding hydrogens is 257 g/mol. The largest absolute Gasteiger partial charge is 0.487 e. The SMILES string of the molecule is CCC1CC2(CCO1)CC(NC)c1ccc(F)cc1O2. The van der Waals surface area contributed by atoms with Gasteiger partial charge >= 0.3 is 0 Å². The van der Waals surface area contributed by atoms with Gasteiger partial charge in [0.05, 0.1) is 12.7 Å². The maximum Gasteiger partial charge on any atom is 0.127 e. The van der Waals surface area contributed by atoms with Gasteiger partial charge in [0.1, 0.15) is 17.2 Å². The van der Waals surface area contributed by atoms with Crippen molar-refractivity contribution in [2.45, 2.75) is 50.4 Å². The third-order valence-electron chi connectivity index (χ3n) is 4.57. The van der Waals surface area contributed by atoms with Crippen molar-refractivity contribution in [3.05, 3.63) is 29.6 Å². The van der Waals surface area contributed by atoms with Crippen LogP contribution in [0.4, 0.5) is 4.39 Å². The van der Waals surface area contributed by atoms with Crippen LogP contribution < -0.4 is 10.1 Å². The third-order valence-corrected chi connectivity index (χ3v) is 4.57. The van der Waals surface area contributed by atoms with Crippen molar-refractivity contribution >= 4 is 0 Å². The molecule has 1 spiro atoms. The number of hydrogen-bond acceptors (Lipinski definition) is 3. The Morgan fingerprint density at radius 3 is 3.00 bits per heavy atom. The lowest BCUT2D eigenvalue weighted by atomic mass is 9.79. The average Bonchev–Trinajstić information content (AvgIpc) is 2.46. The van der Waals surface area contributed by atoms with Gasteiger partial charge in [-0.05, 0) is 19.5 Å². The fourth-order valence-corrected chi connectivity index (χ4v) is 3.43. The molecule has 0 aromatic heterocycles. The number of hydrogen-bond donors (Lipinski definition) is 1. The van der Waals surface area contributed by atoms with Crippen LogP contribution in [0, 0.1) is 5.82 Å². The van der Waals surface area contributed by atoms with Gasteiger partial charge in [-0.1, -0.05) is 13.0 Å². The standard InChI is InChI=1S/C16H22FNO2/c1-3-12-9-16(6-7-19-12)10-14(18-2)13-5-4-11(17)8-15(13)20-16/h4-5,8,12,14,18H,3,6-7,9-10H2,1-2H3. The fourth-order valence-electron chi connectivity index (χ4n) is 3.43. The van der Waals surface area contributed by atoms with Gasteiger partial charge in [0, 0.05) is 36.9 Å². The van der Waals surface area contributed by atoms with Crippen molar-refractivity contribution in [2.24, 2.45) is 0 Å². The monoisotopic (exact) mass is 279 g/mol. The first kappa shape index (κ1) is 13.8. The second-order valence-corrected chi connectivity index (χ2v) is 5.87. The summed E-state index contributed by atoms with van der Waals surface area (Å²) in [6.45, 7) is 2.86. The van der Waals surface area contributed by atoms with Crippen LogP contribution in [0.15, 0.2) is 18.2 Å². The van der Waals surface area contributed by atoms with E-state index in [0.717, 1.165) is 37.9 Å². The summed E-state index contributed by atoms with van der Waals surface area (Å²) in [5, 5.41) is 3.34. The molecule has 1 saturated heterocycles. The van der Waals surface area contributed by atoms with Crippen molar-refractivity contribution in [2.75, 3.05) is 13.7 Å². The van der Waals surface area contributed by atoms with Crippen molar-refractivity contribution in [3.63, 3.8) is 0 Å². The molecule has 20 heavy (non-hydrogen) atoms. The molecule has 4 heteroatoms. The second kappa shape index (κ2) is 5.34. The van der Waals surface area contributed by atoms with E-state index in [1.807, 2.05) is 13.1 Å². The Bertz CT molecular complexity index is 493. The Hall–Kier alpha value is -1.13. The van der Waals surface area contributed by atoms with Crippen LogP contribution >= 0.6 is 0 Å². The van der Waals surface area contributed by atoms with Gasteiger partial charge in [-0.3, -0.25) is 0 Å². The molecule has 110 valence electrons. The van der Waals surface area contributed by atoms with E-state index in [-0.39, 0.29) is 23.6 Å². The Morgan fingerprint density at radius 2 is 2.25 bits per heavy atom. The summed E-state index contributed by atoms with van der Waals surface area (Å²) in [5.74, 6) is 0.446. The van der Waals surface area contributed by atoms with E-state index in [1.54, 1.807) is 0 Å². The molecule has 1 fully saturated rings. The quantitative estimate of drug-likeness (QED) is 0.902. The van der Waals surface area contributed by atoms with Gasteiger partial charge in [0.25, 0.3) is 0 Å². The highest BCUT2D eigenvalue weighted by Gasteiger charge is 2.44. The zero-order valence-corrected chi connectivity index (χ0v) is 12.1. The van der Waals surface area contributed by atoms with Crippen LogP contribution in [0.25, 0.3) is 0 Å². The van der Waals surface area contributed by atoms with Gasteiger partial charge in [-0.2, -0.15) is 0 Å². The molecular formula is C16H22FNO2. The molecule has 1 N–H and O–H groups in total. The molecule has 3 nitrogen and oxygen atoms in total. The Balaban J connectivity index is 1.93. The smallest absolute Gasteiger partial charge is 0.127 e. The fraction of sp³-hybridized carbons (Fsp3) is 0.625. The lowest BCUT2D eigenvalue weighted by Crippen LogP contribution is -2.49. The molecule has 2 heterocycles. The molecule has 0 saturated carbocycles. The van der Waals surface area contributed by atoms with Crippen LogP contribution in [0.1, 0.15) is 44.2 Å². The first-order chi connectivity index (χ1) is 9.65. The van der Waals surface area contributed by atoms with E-state index >= 15 is 0 Å². The molecule has 0 amide bonds. The molecule has 3 rings (SSSR count). The lowest BCUT2D eigenvalue weighted by molar-refractivity contribution is -0.103. The van der Waals surface area contributed by atoms with Crippen LogP contribution in [0.5, 0.6) is 5.75 Å². The number of benzene rings is 1. The van der Waals surface area contributed by atoms with Crippen LogP contribution in [-0.2, 0) is 4.74 Å². The molecule has 1 aromatic carbocycles. The van der Waals surface area contributed by atoms with Gasteiger partial charge in [0.15, 0.2) is 0 Å². The highest BCUT2D eigenvalue weighted by molar-refractivity contribution is 5.39. The molecule has 3 unspecified atom stereocenters. The van der Waals surface area contributed by atoms with Gasteiger partial charge < -0.3 is 14.8 Å². The van der Waals surface area contributed by atoms with Crippen molar-refractivity contribution in [1.82, 2.24) is 5.32 Å². The lowest BCUT2D eigenvalue weighted by Gasteiger charge is -2.46. The first-order valence-electron chi connectivity index (χ1n) is 7.43. The van der Waals surface area contributed by atoms with E-state index in [4.69, 9.17) is 9.47 Å². The molecule has 2 aliphatic rings. The predicted octanol–water partition coefficient (Wildman–Crippen LogP) is 3.20. The Morgan fingerprint density at radius 1 is 1.40 bits per heavy atom. The highest BCUT2D eigenvalue weighted by atomic mass is 19.1. The molecule has 0 radical (unpaired) electrons. The normalized spacial score (nSPS) is 32.8. The molecule has 2 aliphatic heterocycles. The average molecular weight is 279 g/mol. The number of nitrogens with one attached hydrogen (secondary N) is 1. The minimum absolute atomic E-state index is 0.215. The van der Waals surface area contributed by atoms with Gasteiger partial charge in [-0.15, -0.1) is 0 Å². The number of ether oxygens (including phenoxy) is 2. The van der Waals surface area contributed by atoms with E-state index in [0.29, 0.717) is 5.75 Å². The summed E-state index contributed by atoms with van der Waals surface area (Å²) in [6.07, 6.45) is 3.92. The topological polar surface area (TPSA) is 30.5 Å². The zero-order valence-electron chi connectivity index (χ0n) is 12.1. The first-order valence-corrected chi connectivity index (χ1v) is 7.43. The van der Waals surface area contributed by atoms with E-state index < -0.39 is 0 Å². The summed E-state index contributed by atoms with van der Waals surface area (Å²) >= 11 is 0. The molecule has 3 atom stereocenters. The predicted molar refractivity (Wildman–Crippen MR) is 75.4 cm³/mol. The third kappa shape index (κ3) is 2.42. The summed E-state index contributed by atoms with van der Waals surface area (Å²) in [4.78, 5) is 0. The van der Waals surface area contributed by atoms with E-state index in [9.17, 15) is 4.39 Å². The Kier molecular flexibility index (Phi) is 3.69. The molecule has 1 aromatic rings. The minimum atomic E-state index is -0.241. The summed E-state index contributed by atoms with van der Waals surface area (Å²) < 4.78 is 25.5. The molecule has 0 bridgehead atoms. The van der Waals surface area contributed by atoms with Crippen LogP contribution in [0.3, 0.4) is 0 Å². The molecule has 0 aliphatic carbocycles. The maximum absolute atomic E-state index is 13.5. The van der Waals surface area contributed by atoms with E-state index in [2.05, 4.69) is 12.2 Å². The maximum atomic E-state index is 13.5. The van der Waals surface area contributed by atoms with E-state index in [1.165, 1.54) is 12.1 Å². The summed E-state index contributed by atoms with van der Waals surface area (Å²) in [6, 6.07) is 5.06. The van der Waals surface area contributed by atoms with Crippen LogP contribution in [0.2, 0.25) is 0 Å². The van der Waals surface area contributed by atoms with Crippen molar-refractivity contribution < 1.29 is 13.9 Å². The summed E-state index contributed by atoms with van der Waals surface area (Å²) in [7, 11) is 1.95. The van der Waals surface area contributed by atoms with Crippen molar-refractivity contribution in [1.29, 1.82) is 0 Å². The highest BCUT2D eigenvalue weighted by Crippen LogP contribution is 2.45. The zero-order chi connectivity index (χ0) is 14.2.